The van der Waals surface area contributed by atoms with Gasteiger partial charge in [-0.15, -0.1) is 0 Å². The van der Waals surface area contributed by atoms with E-state index in [-0.39, 0.29) is 0 Å². The summed E-state index contributed by atoms with van der Waals surface area (Å²) in [5.41, 5.74) is 1.33. The van der Waals surface area contributed by atoms with Crippen molar-refractivity contribution in [3.63, 3.8) is 0 Å². The minimum Gasteiger partial charge on any atom is -0.385 e. The van der Waals surface area contributed by atoms with Crippen molar-refractivity contribution >= 4 is 10.9 Å². The molecule has 1 aromatic heterocycles. The highest BCUT2D eigenvalue weighted by Gasteiger charge is 2.44. The number of piperidine rings is 1. The molecule has 3 heterocycles. The van der Waals surface area contributed by atoms with Crippen molar-refractivity contribution in [1.82, 2.24) is 10.3 Å². The highest BCUT2D eigenvalue weighted by atomic mass is 16.3. The first-order valence-corrected chi connectivity index (χ1v) is 7.07. The van der Waals surface area contributed by atoms with Crippen molar-refractivity contribution in [3.05, 3.63) is 42.1 Å². The molecule has 4 rings (SSSR count). The normalized spacial score (nSPS) is 33.7. The quantitative estimate of drug-likeness (QED) is 0.821. The molecule has 2 N–H and O–H groups in total. The van der Waals surface area contributed by atoms with Gasteiger partial charge in [-0.3, -0.25) is 4.98 Å². The van der Waals surface area contributed by atoms with Crippen LogP contribution in [-0.4, -0.2) is 22.2 Å². The molecule has 2 bridgehead atoms. The molecule has 0 spiro atoms. The molecule has 2 aliphatic rings. The molecule has 2 aliphatic heterocycles. The second-order valence-corrected chi connectivity index (χ2v) is 5.95. The van der Waals surface area contributed by atoms with Gasteiger partial charge in [-0.05, 0) is 43.4 Å². The third-order valence-corrected chi connectivity index (χ3v) is 4.65. The summed E-state index contributed by atoms with van der Waals surface area (Å²) in [6, 6.07) is 11.0. The second-order valence-electron chi connectivity index (χ2n) is 5.95. The number of nitrogens with one attached hydrogen (secondary N) is 1. The van der Waals surface area contributed by atoms with Crippen molar-refractivity contribution in [2.24, 2.45) is 0 Å². The van der Waals surface area contributed by atoms with Gasteiger partial charge in [0.25, 0.3) is 0 Å². The van der Waals surface area contributed by atoms with Gasteiger partial charge in [-0.2, -0.15) is 0 Å². The first kappa shape index (κ1) is 11.4. The van der Waals surface area contributed by atoms with E-state index in [9.17, 15) is 5.11 Å². The van der Waals surface area contributed by atoms with E-state index >= 15 is 0 Å². The highest BCUT2D eigenvalue weighted by Crippen LogP contribution is 2.42. The minimum absolute atomic E-state index is 0.468. The number of nitrogens with zero attached hydrogens (tertiary/aromatic N) is 1. The van der Waals surface area contributed by atoms with E-state index in [0.717, 1.165) is 29.3 Å². The first-order valence-electron chi connectivity index (χ1n) is 7.07. The monoisotopic (exact) mass is 254 g/mol. The molecule has 2 saturated heterocycles. The van der Waals surface area contributed by atoms with E-state index < -0.39 is 5.60 Å². The minimum atomic E-state index is -0.695. The maximum absolute atomic E-state index is 11.2. The van der Waals surface area contributed by atoms with Crippen LogP contribution in [0.2, 0.25) is 0 Å². The van der Waals surface area contributed by atoms with Gasteiger partial charge in [-0.1, -0.05) is 18.2 Å². The zero-order chi connectivity index (χ0) is 12.9. The van der Waals surface area contributed by atoms with Crippen molar-refractivity contribution in [2.45, 2.75) is 43.4 Å². The predicted molar refractivity (Wildman–Crippen MR) is 74.8 cm³/mol. The summed E-state index contributed by atoms with van der Waals surface area (Å²) < 4.78 is 0. The molecule has 3 nitrogen and oxygen atoms in total. The number of aliphatic hydroxyl groups is 1. The predicted octanol–water partition coefficient (Wildman–Crippen LogP) is 2.34. The lowest BCUT2D eigenvalue weighted by molar-refractivity contribution is -0.0101. The third-order valence-electron chi connectivity index (χ3n) is 4.65. The maximum atomic E-state index is 11.2. The lowest BCUT2D eigenvalue weighted by Crippen LogP contribution is -2.46. The third kappa shape index (κ3) is 1.77. The van der Waals surface area contributed by atoms with Crippen molar-refractivity contribution in [3.8, 4) is 0 Å². The van der Waals surface area contributed by atoms with Crippen LogP contribution in [0.1, 0.15) is 31.2 Å². The Morgan fingerprint density at radius 3 is 2.68 bits per heavy atom. The van der Waals surface area contributed by atoms with Crippen LogP contribution in [0.25, 0.3) is 10.9 Å². The summed E-state index contributed by atoms with van der Waals surface area (Å²) in [4.78, 5) is 4.39. The molecular weight excluding hydrogens is 236 g/mol. The Hall–Kier alpha value is -1.45. The van der Waals surface area contributed by atoms with Gasteiger partial charge < -0.3 is 10.4 Å². The summed E-state index contributed by atoms with van der Waals surface area (Å²) in [6.45, 7) is 0. The molecule has 2 atom stereocenters. The Labute approximate surface area is 112 Å². The highest BCUT2D eigenvalue weighted by molar-refractivity contribution is 5.82. The standard InChI is InChI=1S/C16H18N2O/c19-16(9-11-6-7-12(10-16)18-11)14-4-1-5-15-13(14)3-2-8-17-15/h1-5,8,11-12,18-19H,6-7,9-10H2. The van der Waals surface area contributed by atoms with E-state index in [1.165, 1.54) is 12.8 Å². The molecular formula is C16H18N2O. The fourth-order valence-corrected chi connectivity index (χ4v) is 3.85. The maximum Gasteiger partial charge on any atom is 0.0932 e. The molecule has 2 aromatic rings. The molecule has 2 fully saturated rings. The summed E-state index contributed by atoms with van der Waals surface area (Å²) in [7, 11) is 0. The molecule has 1 aromatic carbocycles. The molecule has 3 heteroatoms. The second kappa shape index (κ2) is 4.02. The Morgan fingerprint density at radius 1 is 1.11 bits per heavy atom. The summed E-state index contributed by atoms with van der Waals surface area (Å²) in [5.74, 6) is 0. The van der Waals surface area contributed by atoms with Crippen molar-refractivity contribution < 1.29 is 5.11 Å². The number of rotatable bonds is 1. The number of pyridine rings is 1. The topological polar surface area (TPSA) is 45.2 Å². The van der Waals surface area contributed by atoms with Crippen LogP contribution in [0.15, 0.2) is 36.5 Å². The van der Waals surface area contributed by atoms with Gasteiger partial charge >= 0.3 is 0 Å². The van der Waals surface area contributed by atoms with Crippen LogP contribution in [0, 0.1) is 0 Å². The van der Waals surface area contributed by atoms with E-state index in [1.807, 2.05) is 24.4 Å². The average Bonchev–Trinajstić information content (AvgIpc) is 2.78. The molecule has 98 valence electrons. The Morgan fingerprint density at radius 2 is 1.89 bits per heavy atom. The largest absolute Gasteiger partial charge is 0.385 e. The van der Waals surface area contributed by atoms with Crippen LogP contribution < -0.4 is 5.32 Å². The first-order chi connectivity index (χ1) is 9.24. The van der Waals surface area contributed by atoms with Gasteiger partial charge in [0, 0.05) is 23.7 Å². The van der Waals surface area contributed by atoms with Crippen LogP contribution >= 0.6 is 0 Å². The number of aromatic nitrogens is 1. The number of hydrogen-bond acceptors (Lipinski definition) is 3. The van der Waals surface area contributed by atoms with Crippen LogP contribution in [0.4, 0.5) is 0 Å². The van der Waals surface area contributed by atoms with E-state index in [1.54, 1.807) is 0 Å². The fraction of sp³-hybridized carbons (Fsp3) is 0.438. The van der Waals surface area contributed by atoms with Crippen molar-refractivity contribution in [2.75, 3.05) is 0 Å². The number of hydrogen-bond donors (Lipinski definition) is 2. The Kier molecular flexibility index (Phi) is 2.41. The van der Waals surface area contributed by atoms with Gasteiger partial charge in [0.05, 0.1) is 11.1 Å². The molecule has 19 heavy (non-hydrogen) atoms. The Balaban J connectivity index is 1.85. The zero-order valence-corrected chi connectivity index (χ0v) is 10.8. The number of benzene rings is 1. The van der Waals surface area contributed by atoms with Gasteiger partial charge in [-0.25, -0.2) is 0 Å². The summed E-state index contributed by atoms with van der Waals surface area (Å²) >= 11 is 0. The SMILES string of the molecule is OC1(c2cccc3ncccc23)CC2CCC(C1)N2. The summed E-state index contributed by atoms with van der Waals surface area (Å²) in [5, 5.41) is 15.8. The average molecular weight is 254 g/mol. The summed E-state index contributed by atoms with van der Waals surface area (Å²) in [6.07, 6.45) is 5.82. The van der Waals surface area contributed by atoms with Gasteiger partial charge in [0.1, 0.15) is 0 Å². The number of fused-ring (bicyclic) bond motifs is 3. The van der Waals surface area contributed by atoms with Crippen LogP contribution in [-0.2, 0) is 5.60 Å². The van der Waals surface area contributed by atoms with E-state index in [2.05, 4.69) is 22.4 Å². The van der Waals surface area contributed by atoms with Crippen molar-refractivity contribution in [1.29, 1.82) is 0 Å². The zero-order valence-electron chi connectivity index (χ0n) is 10.8. The lowest BCUT2D eigenvalue weighted by Gasteiger charge is -2.38. The molecule has 0 aliphatic carbocycles. The van der Waals surface area contributed by atoms with E-state index in [4.69, 9.17) is 0 Å². The van der Waals surface area contributed by atoms with Gasteiger partial charge in [0.2, 0.25) is 0 Å². The van der Waals surface area contributed by atoms with Crippen LogP contribution in [0.3, 0.4) is 0 Å². The van der Waals surface area contributed by atoms with Crippen LogP contribution in [0.5, 0.6) is 0 Å². The van der Waals surface area contributed by atoms with E-state index in [0.29, 0.717) is 12.1 Å². The molecule has 2 unspecified atom stereocenters. The van der Waals surface area contributed by atoms with Gasteiger partial charge in [0.15, 0.2) is 0 Å². The Bertz CT molecular complexity index is 608. The molecule has 0 radical (unpaired) electrons. The molecule has 0 saturated carbocycles. The smallest absolute Gasteiger partial charge is 0.0932 e. The fourth-order valence-electron chi connectivity index (χ4n) is 3.85. The molecule has 0 amide bonds. The lowest BCUT2D eigenvalue weighted by atomic mass is 9.80.